The molecule has 1 N–H and O–H groups in total. The maximum Gasteiger partial charge on any atom is 0.151 e. The zero-order chi connectivity index (χ0) is 23.0. The molecule has 4 rings (SSSR count). The number of benzene rings is 2. The van der Waals surface area contributed by atoms with E-state index in [0.717, 1.165) is 29.1 Å². The standard InChI is InChI=1S/C22H23N3O4S.C2H6/c1-30(26,27)14-16-5-4-6-17(11-16)25-22-12-20(23-15-24-22)19-7-2-3-8-21(19)29-18-9-10-28-13-18;1-2/h2-8,11-12,15,18H,9-10,13-14H2,1H3,(H,23,24,25);1-2H3. The molecule has 3 aromatic rings. The summed E-state index contributed by atoms with van der Waals surface area (Å²) < 4.78 is 34.7. The topological polar surface area (TPSA) is 90.4 Å². The van der Waals surface area contributed by atoms with Crippen molar-refractivity contribution < 1.29 is 17.9 Å². The summed E-state index contributed by atoms with van der Waals surface area (Å²) in [7, 11) is -3.10. The Bertz CT molecular complexity index is 1130. The summed E-state index contributed by atoms with van der Waals surface area (Å²) in [6.45, 7) is 5.31. The first kappa shape index (κ1) is 23.7. The Balaban J connectivity index is 0.00000141. The van der Waals surface area contributed by atoms with Crippen LogP contribution < -0.4 is 10.1 Å². The molecule has 32 heavy (non-hydrogen) atoms. The predicted molar refractivity (Wildman–Crippen MR) is 127 cm³/mol. The molecule has 170 valence electrons. The van der Waals surface area contributed by atoms with Crippen LogP contribution in [-0.4, -0.2) is 44.0 Å². The first-order valence-corrected chi connectivity index (χ1v) is 12.7. The molecular weight excluding hydrogens is 426 g/mol. The van der Waals surface area contributed by atoms with E-state index in [4.69, 9.17) is 9.47 Å². The third kappa shape index (κ3) is 6.77. The second kappa shape index (κ2) is 11.1. The molecule has 8 heteroatoms. The van der Waals surface area contributed by atoms with Gasteiger partial charge in [0.05, 0.1) is 24.7 Å². The quantitative estimate of drug-likeness (QED) is 0.556. The molecule has 0 spiro atoms. The molecule has 0 saturated carbocycles. The number of hydrogen-bond acceptors (Lipinski definition) is 7. The normalized spacial score (nSPS) is 15.5. The van der Waals surface area contributed by atoms with Gasteiger partial charge in [0, 0.05) is 30.0 Å². The number of para-hydroxylation sites is 1. The van der Waals surface area contributed by atoms with E-state index in [0.29, 0.717) is 24.6 Å². The van der Waals surface area contributed by atoms with E-state index in [-0.39, 0.29) is 11.9 Å². The van der Waals surface area contributed by atoms with Gasteiger partial charge in [0.15, 0.2) is 9.84 Å². The lowest BCUT2D eigenvalue weighted by atomic mass is 10.1. The number of nitrogens with one attached hydrogen (secondary N) is 1. The fourth-order valence-corrected chi connectivity index (χ4v) is 4.11. The molecule has 1 atom stereocenters. The summed E-state index contributed by atoms with van der Waals surface area (Å²) >= 11 is 0. The van der Waals surface area contributed by atoms with Crippen molar-refractivity contribution in [2.75, 3.05) is 24.8 Å². The molecule has 2 heterocycles. The number of ether oxygens (including phenoxy) is 2. The molecule has 1 aliphatic heterocycles. The van der Waals surface area contributed by atoms with Crippen LogP contribution in [0.15, 0.2) is 60.9 Å². The van der Waals surface area contributed by atoms with Gasteiger partial charge in [0.25, 0.3) is 0 Å². The van der Waals surface area contributed by atoms with Crippen molar-refractivity contribution in [2.24, 2.45) is 0 Å². The largest absolute Gasteiger partial charge is 0.487 e. The number of aromatic nitrogens is 2. The monoisotopic (exact) mass is 455 g/mol. The summed E-state index contributed by atoms with van der Waals surface area (Å²) in [6, 6.07) is 16.9. The van der Waals surface area contributed by atoms with E-state index < -0.39 is 9.84 Å². The van der Waals surface area contributed by atoms with Gasteiger partial charge in [-0.1, -0.05) is 38.1 Å². The number of hydrogen-bond donors (Lipinski definition) is 1. The van der Waals surface area contributed by atoms with Crippen molar-refractivity contribution in [3.05, 3.63) is 66.5 Å². The Morgan fingerprint density at radius 3 is 2.66 bits per heavy atom. The molecule has 1 fully saturated rings. The average molecular weight is 456 g/mol. The number of nitrogens with zero attached hydrogens (tertiary/aromatic N) is 2. The average Bonchev–Trinajstić information content (AvgIpc) is 3.28. The summed E-state index contributed by atoms with van der Waals surface area (Å²) in [5.74, 6) is 1.36. The van der Waals surface area contributed by atoms with Crippen molar-refractivity contribution in [3.8, 4) is 17.0 Å². The van der Waals surface area contributed by atoms with Crippen molar-refractivity contribution in [3.63, 3.8) is 0 Å². The maximum absolute atomic E-state index is 11.6. The van der Waals surface area contributed by atoms with Crippen molar-refractivity contribution in [1.82, 2.24) is 9.97 Å². The highest BCUT2D eigenvalue weighted by molar-refractivity contribution is 7.89. The van der Waals surface area contributed by atoms with Crippen molar-refractivity contribution >= 4 is 21.3 Å². The fraction of sp³-hybridized carbons (Fsp3) is 0.333. The third-order valence-corrected chi connectivity index (χ3v) is 5.50. The van der Waals surface area contributed by atoms with E-state index in [9.17, 15) is 8.42 Å². The van der Waals surface area contributed by atoms with E-state index in [1.54, 1.807) is 12.1 Å². The molecule has 0 radical (unpaired) electrons. The lowest BCUT2D eigenvalue weighted by Gasteiger charge is -2.15. The maximum atomic E-state index is 11.6. The van der Waals surface area contributed by atoms with E-state index in [2.05, 4.69) is 15.3 Å². The van der Waals surface area contributed by atoms with Gasteiger partial charge in [-0.15, -0.1) is 0 Å². The summed E-state index contributed by atoms with van der Waals surface area (Å²) in [5, 5.41) is 3.23. The van der Waals surface area contributed by atoms with Crippen LogP contribution in [0.1, 0.15) is 25.8 Å². The minimum atomic E-state index is -3.10. The van der Waals surface area contributed by atoms with E-state index in [1.807, 2.05) is 56.3 Å². The number of rotatable bonds is 7. The van der Waals surface area contributed by atoms with E-state index >= 15 is 0 Å². The minimum absolute atomic E-state index is 0.00681. The molecule has 1 unspecified atom stereocenters. The molecule has 2 aromatic carbocycles. The molecule has 0 amide bonds. The van der Waals surface area contributed by atoms with Gasteiger partial charge in [0.2, 0.25) is 0 Å². The summed E-state index contributed by atoms with van der Waals surface area (Å²) in [5.41, 5.74) is 3.08. The molecule has 1 aliphatic rings. The van der Waals surface area contributed by atoms with Crippen molar-refractivity contribution in [1.29, 1.82) is 0 Å². The first-order chi connectivity index (χ1) is 15.5. The summed E-state index contributed by atoms with van der Waals surface area (Å²) in [6.07, 6.45) is 3.63. The Labute approximate surface area is 189 Å². The van der Waals surface area contributed by atoms with Gasteiger partial charge in [-0.25, -0.2) is 18.4 Å². The molecule has 0 aliphatic carbocycles. The van der Waals surface area contributed by atoms with Gasteiger partial charge in [-0.3, -0.25) is 0 Å². The van der Waals surface area contributed by atoms with Crippen LogP contribution in [0, 0.1) is 0 Å². The van der Waals surface area contributed by atoms with Crippen LogP contribution in [0.5, 0.6) is 5.75 Å². The second-order valence-electron chi connectivity index (χ2n) is 7.28. The van der Waals surface area contributed by atoms with Crippen LogP contribution in [0.25, 0.3) is 11.3 Å². The highest BCUT2D eigenvalue weighted by Crippen LogP contribution is 2.31. The van der Waals surface area contributed by atoms with Crippen molar-refractivity contribution in [2.45, 2.75) is 32.1 Å². The Morgan fingerprint density at radius 2 is 1.91 bits per heavy atom. The molecule has 1 aromatic heterocycles. The van der Waals surface area contributed by atoms with Gasteiger partial charge in [-0.2, -0.15) is 0 Å². The molecule has 7 nitrogen and oxygen atoms in total. The molecular formula is C24H29N3O4S. The van der Waals surface area contributed by atoms with Crippen LogP contribution in [0.3, 0.4) is 0 Å². The van der Waals surface area contributed by atoms with Crippen LogP contribution in [0.2, 0.25) is 0 Å². The van der Waals surface area contributed by atoms with Crippen LogP contribution in [0.4, 0.5) is 11.5 Å². The number of sulfone groups is 1. The number of anilines is 2. The Morgan fingerprint density at radius 1 is 1.09 bits per heavy atom. The molecule has 0 bridgehead atoms. The van der Waals surface area contributed by atoms with Crippen LogP contribution >= 0.6 is 0 Å². The first-order valence-electron chi connectivity index (χ1n) is 10.7. The predicted octanol–water partition coefficient (Wildman–Crippen LogP) is 4.63. The van der Waals surface area contributed by atoms with Crippen LogP contribution in [-0.2, 0) is 20.3 Å². The smallest absolute Gasteiger partial charge is 0.151 e. The van der Waals surface area contributed by atoms with Gasteiger partial charge in [-0.05, 0) is 29.8 Å². The summed E-state index contributed by atoms with van der Waals surface area (Å²) in [4.78, 5) is 8.71. The van der Waals surface area contributed by atoms with Gasteiger partial charge in [0.1, 0.15) is 24.0 Å². The van der Waals surface area contributed by atoms with Gasteiger partial charge < -0.3 is 14.8 Å². The minimum Gasteiger partial charge on any atom is -0.487 e. The third-order valence-electron chi connectivity index (χ3n) is 4.64. The van der Waals surface area contributed by atoms with E-state index in [1.165, 1.54) is 12.6 Å². The zero-order valence-corrected chi connectivity index (χ0v) is 19.4. The SMILES string of the molecule is CC.CS(=O)(=O)Cc1cccc(Nc2cc(-c3ccccc3OC3CCOC3)ncn2)c1. The highest BCUT2D eigenvalue weighted by Gasteiger charge is 2.19. The Hall–Kier alpha value is -2.97. The fourth-order valence-electron chi connectivity index (χ4n) is 3.33. The lowest BCUT2D eigenvalue weighted by molar-refractivity contribution is 0.141. The lowest BCUT2D eigenvalue weighted by Crippen LogP contribution is -2.16. The van der Waals surface area contributed by atoms with Gasteiger partial charge >= 0.3 is 0 Å². The molecule has 1 saturated heterocycles. The highest BCUT2D eigenvalue weighted by atomic mass is 32.2. The second-order valence-corrected chi connectivity index (χ2v) is 9.42. The zero-order valence-electron chi connectivity index (χ0n) is 18.6. The Kier molecular flexibility index (Phi) is 8.19.